The Bertz CT molecular complexity index is 1380. The number of hydrogen-bond acceptors (Lipinski definition) is 4. The van der Waals surface area contributed by atoms with Gasteiger partial charge in [0.2, 0.25) is 5.91 Å². The molecule has 1 aromatic heterocycles. The maximum atomic E-state index is 13.1. The molecular weight excluding hydrogens is 490 g/mol. The van der Waals surface area contributed by atoms with Crippen LogP contribution in [0, 0.1) is 0 Å². The summed E-state index contributed by atoms with van der Waals surface area (Å²) in [5.41, 5.74) is 2.48. The summed E-state index contributed by atoms with van der Waals surface area (Å²) in [6.45, 7) is 0.317. The summed E-state index contributed by atoms with van der Waals surface area (Å²) in [6.07, 6.45) is 3.31. The molecule has 1 heterocycles. The van der Waals surface area contributed by atoms with Crippen molar-refractivity contribution >= 4 is 41.1 Å². The van der Waals surface area contributed by atoms with Crippen molar-refractivity contribution in [3.8, 4) is 0 Å². The first-order chi connectivity index (χ1) is 18.0. The highest BCUT2D eigenvalue weighted by molar-refractivity contribution is 6.30. The van der Waals surface area contributed by atoms with Crippen LogP contribution in [0.1, 0.15) is 27.2 Å². The highest BCUT2D eigenvalue weighted by Gasteiger charge is 2.15. The molecule has 3 N–H and O–H groups in total. The van der Waals surface area contributed by atoms with Gasteiger partial charge in [-0.25, -0.2) is 0 Å². The largest absolute Gasteiger partial charge is 0.467 e. The molecule has 0 bridgehead atoms. The van der Waals surface area contributed by atoms with Crippen LogP contribution in [0.15, 0.2) is 107 Å². The zero-order valence-corrected chi connectivity index (χ0v) is 20.5. The highest BCUT2D eigenvalue weighted by atomic mass is 35.5. The van der Waals surface area contributed by atoms with E-state index in [0.29, 0.717) is 34.1 Å². The summed E-state index contributed by atoms with van der Waals surface area (Å²) in [4.78, 5) is 38.0. The predicted octanol–water partition coefficient (Wildman–Crippen LogP) is 5.20. The van der Waals surface area contributed by atoms with Crippen molar-refractivity contribution in [1.82, 2.24) is 10.6 Å². The van der Waals surface area contributed by atoms with E-state index in [9.17, 15) is 14.4 Å². The smallest absolute Gasteiger partial charge is 0.272 e. The molecule has 0 fully saturated rings. The topological polar surface area (TPSA) is 100 Å². The fourth-order valence-corrected chi connectivity index (χ4v) is 3.55. The zero-order valence-electron chi connectivity index (χ0n) is 19.7. The molecule has 0 aliphatic carbocycles. The molecular formula is C29H24ClN3O4. The van der Waals surface area contributed by atoms with Crippen LogP contribution >= 0.6 is 11.6 Å². The van der Waals surface area contributed by atoms with Crippen LogP contribution in [0.5, 0.6) is 0 Å². The minimum Gasteiger partial charge on any atom is -0.467 e. The number of nitrogens with one attached hydrogen (secondary N) is 3. The highest BCUT2D eigenvalue weighted by Crippen LogP contribution is 2.15. The molecule has 3 aromatic carbocycles. The van der Waals surface area contributed by atoms with Gasteiger partial charge in [-0.15, -0.1) is 0 Å². The molecule has 7 nitrogen and oxygen atoms in total. The van der Waals surface area contributed by atoms with Crippen molar-refractivity contribution in [2.45, 2.75) is 13.0 Å². The Morgan fingerprint density at radius 3 is 2.24 bits per heavy atom. The molecule has 0 saturated heterocycles. The SMILES string of the molecule is O=C(Cc1ccc(NC(=O)/C(=C\c2ccc(Cl)cc2)NC(=O)c2ccccc2)cc1)NCc1ccco1. The Morgan fingerprint density at radius 2 is 1.57 bits per heavy atom. The van der Waals surface area contributed by atoms with Gasteiger partial charge in [-0.3, -0.25) is 14.4 Å². The van der Waals surface area contributed by atoms with Crippen molar-refractivity contribution in [2.75, 3.05) is 5.32 Å². The average Bonchev–Trinajstić information content (AvgIpc) is 3.44. The molecule has 0 aliphatic heterocycles. The van der Waals surface area contributed by atoms with Crippen LogP contribution in [-0.4, -0.2) is 17.7 Å². The van der Waals surface area contributed by atoms with E-state index in [1.54, 1.807) is 103 Å². The number of carbonyl (C=O) groups excluding carboxylic acids is 3. The predicted molar refractivity (Wildman–Crippen MR) is 143 cm³/mol. The van der Waals surface area contributed by atoms with Crippen molar-refractivity contribution < 1.29 is 18.8 Å². The Kier molecular flexibility index (Phi) is 8.52. The van der Waals surface area contributed by atoms with Gasteiger partial charge in [-0.05, 0) is 65.7 Å². The van der Waals surface area contributed by atoms with Crippen LogP contribution < -0.4 is 16.0 Å². The van der Waals surface area contributed by atoms with Gasteiger partial charge in [0.05, 0.1) is 19.2 Å². The number of furan rings is 1. The number of amides is 3. The van der Waals surface area contributed by atoms with Crippen LogP contribution in [0.25, 0.3) is 6.08 Å². The number of carbonyl (C=O) groups is 3. The quantitative estimate of drug-likeness (QED) is 0.268. The van der Waals surface area contributed by atoms with Gasteiger partial charge in [0.25, 0.3) is 11.8 Å². The molecule has 0 aliphatic rings. The Hall–Kier alpha value is -4.62. The first-order valence-electron chi connectivity index (χ1n) is 11.5. The van der Waals surface area contributed by atoms with Crippen LogP contribution in [0.3, 0.4) is 0 Å². The van der Waals surface area contributed by atoms with Gasteiger partial charge in [0, 0.05) is 16.3 Å². The Labute approximate surface area is 219 Å². The van der Waals surface area contributed by atoms with E-state index < -0.39 is 11.8 Å². The lowest BCUT2D eigenvalue weighted by atomic mass is 10.1. The van der Waals surface area contributed by atoms with E-state index in [0.717, 1.165) is 5.56 Å². The van der Waals surface area contributed by atoms with Crippen molar-refractivity contribution in [1.29, 1.82) is 0 Å². The minimum atomic E-state index is -0.497. The lowest BCUT2D eigenvalue weighted by Crippen LogP contribution is -2.30. The van der Waals surface area contributed by atoms with Crippen LogP contribution in [0.4, 0.5) is 5.69 Å². The maximum Gasteiger partial charge on any atom is 0.272 e. The lowest BCUT2D eigenvalue weighted by molar-refractivity contribution is -0.120. The number of rotatable bonds is 9. The van der Waals surface area contributed by atoms with E-state index in [4.69, 9.17) is 16.0 Å². The number of benzene rings is 3. The third-order valence-corrected chi connectivity index (χ3v) is 5.58. The zero-order chi connectivity index (χ0) is 26.0. The van der Waals surface area contributed by atoms with Crippen molar-refractivity contribution in [3.63, 3.8) is 0 Å². The van der Waals surface area contributed by atoms with Gasteiger partial charge < -0.3 is 20.4 Å². The van der Waals surface area contributed by atoms with Gasteiger partial charge in [-0.2, -0.15) is 0 Å². The summed E-state index contributed by atoms with van der Waals surface area (Å²) in [5, 5.41) is 8.85. The van der Waals surface area contributed by atoms with Gasteiger partial charge in [0.1, 0.15) is 11.5 Å². The van der Waals surface area contributed by atoms with Gasteiger partial charge >= 0.3 is 0 Å². The molecule has 0 unspecified atom stereocenters. The molecule has 0 saturated carbocycles. The van der Waals surface area contributed by atoms with Gasteiger partial charge in [0.15, 0.2) is 0 Å². The number of halogens is 1. The van der Waals surface area contributed by atoms with E-state index in [1.807, 2.05) is 0 Å². The number of anilines is 1. The third-order valence-electron chi connectivity index (χ3n) is 5.33. The second-order valence-corrected chi connectivity index (χ2v) is 8.55. The standard InChI is InChI=1S/C29H24ClN3O4/c30-23-12-8-20(9-13-23)17-26(33-28(35)22-5-2-1-3-6-22)29(36)32-24-14-10-21(11-15-24)18-27(34)31-19-25-7-4-16-37-25/h1-17H,18-19H2,(H,31,34)(H,32,36)(H,33,35)/b26-17+. The lowest BCUT2D eigenvalue weighted by Gasteiger charge is -2.12. The fraction of sp³-hybridized carbons (Fsp3) is 0.0690. The second kappa shape index (κ2) is 12.4. The van der Waals surface area contributed by atoms with Crippen LogP contribution in [-0.2, 0) is 22.6 Å². The normalized spacial score (nSPS) is 11.0. The van der Waals surface area contributed by atoms with Crippen molar-refractivity contribution in [3.05, 3.63) is 130 Å². The fourth-order valence-electron chi connectivity index (χ4n) is 3.42. The van der Waals surface area contributed by atoms with Crippen molar-refractivity contribution in [2.24, 2.45) is 0 Å². The monoisotopic (exact) mass is 513 g/mol. The van der Waals surface area contributed by atoms with E-state index in [2.05, 4.69) is 16.0 Å². The molecule has 3 amide bonds. The molecule has 0 spiro atoms. The maximum absolute atomic E-state index is 13.1. The average molecular weight is 514 g/mol. The summed E-state index contributed by atoms with van der Waals surface area (Å²) >= 11 is 5.97. The first kappa shape index (κ1) is 25.5. The van der Waals surface area contributed by atoms with E-state index in [1.165, 1.54) is 0 Å². The summed E-state index contributed by atoms with van der Waals surface area (Å²) in [5.74, 6) is -0.381. The molecule has 186 valence electrons. The molecule has 4 aromatic rings. The Morgan fingerprint density at radius 1 is 0.838 bits per heavy atom. The van der Waals surface area contributed by atoms with E-state index in [-0.39, 0.29) is 18.0 Å². The van der Waals surface area contributed by atoms with Gasteiger partial charge in [-0.1, -0.05) is 54.1 Å². The summed E-state index contributed by atoms with van der Waals surface area (Å²) in [7, 11) is 0. The minimum absolute atomic E-state index is 0.0672. The molecule has 4 rings (SSSR count). The molecule has 8 heteroatoms. The molecule has 37 heavy (non-hydrogen) atoms. The third kappa shape index (κ3) is 7.68. The summed E-state index contributed by atoms with van der Waals surface area (Å²) < 4.78 is 5.21. The van der Waals surface area contributed by atoms with E-state index >= 15 is 0 Å². The van der Waals surface area contributed by atoms with Crippen LogP contribution in [0.2, 0.25) is 5.02 Å². The summed E-state index contributed by atoms with van der Waals surface area (Å²) in [6, 6.07) is 26.0. The Balaban J connectivity index is 1.42. The molecule has 0 radical (unpaired) electrons. The second-order valence-electron chi connectivity index (χ2n) is 8.11. The molecule has 0 atom stereocenters. The number of hydrogen-bond donors (Lipinski definition) is 3. The first-order valence-corrected chi connectivity index (χ1v) is 11.9.